The Balaban J connectivity index is 2.03. The smallest absolute Gasteiger partial charge is 0.334 e. The molecule has 0 saturated carbocycles. The number of hydrogen-bond donors (Lipinski definition) is 2. The van der Waals surface area contributed by atoms with Gasteiger partial charge in [0, 0.05) is 12.2 Å². The molecule has 2 N–H and O–H groups in total. The molecule has 5 nitrogen and oxygen atoms in total. The van der Waals surface area contributed by atoms with Crippen LogP contribution >= 0.6 is 0 Å². The van der Waals surface area contributed by atoms with Crippen molar-refractivity contribution >= 4 is 21.6 Å². The van der Waals surface area contributed by atoms with E-state index in [9.17, 15) is 35.2 Å². The molecule has 0 saturated heterocycles. The molecule has 0 atom stereocenters. The topological polar surface area (TPSA) is 75.3 Å². The van der Waals surface area contributed by atoms with E-state index in [1.54, 1.807) is 0 Å². The Morgan fingerprint density at radius 3 is 2.33 bits per heavy atom. The number of hydrogen-bond acceptors (Lipinski definition) is 3. The maximum atomic E-state index is 12.6. The summed E-state index contributed by atoms with van der Waals surface area (Å²) in [4.78, 5) is 11.1. The Bertz CT molecular complexity index is 930. The molecule has 2 aromatic rings. The molecular weight excluding hydrogens is 395 g/mol. The number of nitrogens with one attached hydrogen (secondary N) is 2. The number of carbonyl (C=O) groups excluding carboxylic acids is 1. The molecule has 0 bridgehead atoms. The second-order valence-corrected chi connectivity index (χ2v) is 7.26. The van der Waals surface area contributed by atoms with Crippen LogP contribution in [0, 0.1) is 0 Å². The van der Waals surface area contributed by atoms with Gasteiger partial charge in [-0.2, -0.15) is 22.0 Å². The van der Waals surface area contributed by atoms with Crippen molar-refractivity contribution in [2.45, 2.75) is 23.4 Å². The number of sulfone groups is 1. The van der Waals surface area contributed by atoms with Crippen LogP contribution in [0.4, 0.5) is 32.4 Å². The molecule has 2 amide bonds. The molecule has 0 unspecified atom stereocenters. The van der Waals surface area contributed by atoms with Crippen LogP contribution in [0.15, 0.2) is 53.4 Å². The number of benzene rings is 2. The Hall–Kier alpha value is -2.69. The lowest BCUT2D eigenvalue weighted by molar-refractivity contribution is -0.137. The second kappa shape index (κ2) is 7.91. The van der Waals surface area contributed by atoms with Crippen LogP contribution in [0.2, 0.25) is 0 Å². The largest absolute Gasteiger partial charge is 0.416 e. The van der Waals surface area contributed by atoms with Crippen molar-refractivity contribution in [1.82, 2.24) is 5.32 Å². The number of rotatable bonds is 5. The minimum Gasteiger partial charge on any atom is -0.334 e. The van der Waals surface area contributed by atoms with Crippen molar-refractivity contribution in [3.05, 3.63) is 59.7 Å². The maximum absolute atomic E-state index is 12.6. The van der Waals surface area contributed by atoms with Crippen LogP contribution in [0.5, 0.6) is 0 Å². The van der Waals surface area contributed by atoms with Gasteiger partial charge in [0.05, 0.1) is 10.5 Å². The van der Waals surface area contributed by atoms with Crippen molar-refractivity contribution in [1.29, 1.82) is 0 Å². The number of anilines is 1. The van der Waals surface area contributed by atoms with Gasteiger partial charge >= 0.3 is 18.0 Å². The van der Waals surface area contributed by atoms with Gasteiger partial charge in [0.1, 0.15) is 0 Å². The molecule has 27 heavy (non-hydrogen) atoms. The highest BCUT2D eigenvalue weighted by molar-refractivity contribution is 7.91. The summed E-state index contributed by atoms with van der Waals surface area (Å²) in [7, 11) is -4.82. The van der Waals surface area contributed by atoms with E-state index in [-0.39, 0.29) is 17.8 Å². The first-order valence-corrected chi connectivity index (χ1v) is 8.88. The number of amides is 2. The number of urea groups is 1. The third kappa shape index (κ3) is 5.39. The molecule has 11 heteroatoms. The summed E-state index contributed by atoms with van der Waals surface area (Å²) in [6, 6.07) is 7.72. The summed E-state index contributed by atoms with van der Waals surface area (Å²) < 4.78 is 85.9. The predicted octanol–water partition coefficient (Wildman–Crippen LogP) is 4.02. The molecule has 0 fully saturated rings. The third-order valence-corrected chi connectivity index (χ3v) is 4.74. The van der Waals surface area contributed by atoms with E-state index in [0.29, 0.717) is 0 Å². The van der Waals surface area contributed by atoms with E-state index in [1.165, 1.54) is 18.2 Å². The number of alkyl halides is 5. The van der Waals surface area contributed by atoms with E-state index in [4.69, 9.17) is 0 Å². The van der Waals surface area contributed by atoms with Crippen LogP contribution in [0.3, 0.4) is 0 Å². The predicted molar refractivity (Wildman–Crippen MR) is 86.9 cm³/mol. The quantitative estimate of drug-likeness (QED) is 0.734. The normalized spacial score (nSPS) is 12.1. The molecule has 0 aliphatic heterocycles. The first kappa shape index (κ1) is 20.6. The molecule has 0 spiro atoms. The van der Waals surface area contributed by atoms with Gasteiger partial charge in [-0.3, -0.25) is 0 Å². The van der Waals surface area contributed by atoms with E-state index < -0.39 is 38.3 Å². The minimum absolute atomic E-state index is 0.0710. The standard InChI is InChI=1S/C16H13F5N2O3S/c17-14(18)27(25,26)13-6-2-5-12(8-13)23-15(24)22-9-10-3-1-4-11(7-10)16(19,20)21/h1-8,14H,9H2,(H2,22,23,24). The Morgan fingerprint density at radius 1 is 1.04 bits per heavy atom. The van der Waals surface area contributed by atoms with Crippen molar-refractivity contribution in [3.63, 3.8) is 0 Å². The first-order valence-electron chi connectivity index (χ1n) is 7.33. The lowest BCUT2D eigenvalue weighted by Gasteiger charge is -2.11. The van der Waals surface area contributed by atoms with Gasteiger partial charge in [0.15, 0.2) is 0 Å². The van der Waals surface area contributed by atoms with Gasteiger partial charge in [-0.1, -0.05) is 18.2 Å². The minimum atomic E-state index is -4.82. The lowest BCUT2D eigenvalue weighted by Crippen LogP contribution is -2.28. The second-order valence-electron chi connectivity index (χ2n) is 5.34. The van der Waals surface area contributed by atoms with E-state index in [1.807, 2.05) is 0 Å². The van der Waals surface area contributed by atoms with Gasteiger partial charge in [0.2, 0.25) is 9.84 Å². The van der Waals surface area contributed by atoms with Gasteiger partial charge in [-0.25, -0.2) is 13.2 Å². The fraction of sp³-hybridized carbons (Fsp3) is 0.188. The van der Waals surface area contributed by atoms with Crippen LogP contribution in [0.1, 0.15) is 11.1 Å². The number of carbonyl (C=O) groups is 1. The van der Waals surface area contributed by atoms with Gasteiger partial charge in [-0.05, 0) is 35.9 Å². The van der Waals surface area contributed by atoms with Crippen molar-refractivity contribution in [3.8, 4) is 0 Å². The summed E-state index contributed by atoms with van der Waals surface area (Å²) in [5.74, 6) is -3.61. The van der Waals surface area contributed by atoms with E-state index >= 15 is 0 Å². The van der Waals surface area contributed by atoms with Gasteiger partial charge < -0.3 is 10.6 Å². The van der Waals surface area contributed by atoms with Gasteiger partial charge in [0.25, 0.3) is 0 Å². The van der Waals surface area contributed by atoms with E-state index in [0.717, 1.165) is 30.3 Å². The SMILES string of the molecule is O=C(NCc1cccc(C(F)(F)F)c1)Nc1cccc(S(=O)(=O)C(F)F)c1. The summed E-state index contributed by atoms with van der Waals surface area (Å²) in [6.45, 7) is -0.231. The third-order valence-electron chi connectivity index (χ3n) is 3.36. The van der Waals surface area contributed by atoms with Crippen LogP contribution in [-0.2, 0) is 22.6 Å². The summed E-state index contributed by atoms with van der Waals surface area (Å²) in [5.41, 5.74) is -0.751. The molecule has 146 valence electrons. The zero-order valence-corrected chi connectivity index (χ0v) is 14.2. The molecule has 2 aromatic carbocycles. The number of halogens is 5. The molecule has 0 radical (unpaired) electrons. The Labute approximate surface area is 151 Å². The molecule has 0 aliphatic rings. The molecular formula is C16H13F5N2O3S. The van der Waals surface area contributed by atoms with Crippen molar-refractivity contribution in [2.24, 2.45) is 0 Å². The monoisotopic (exact) mass is 408 g/mol. The van der Waals surface area contributed by atoms with Crippen LogP contribution in [-0.4, -0.2) is 20.2 Å². The van der Waals surface area contributed by atoms with Crippen molar-refractivity contribution < 1.29 is 35.2 Å². The Kier molecular flexibility index (Phi) is 6.04. The summed E-state index contributed by atoms with van der Waals surface area (Å²) in [6.07, 6.45) is -4.52. The molecule has 0 aromatic heterocycles. The highest BCUT2D eigenvalue weighted by atomic mass is 32.2. The summed E-state index contributed by atoms with van der Waals surface area (Å²) in [5, 5.41) is 4.52. The van der Waals surface area contributed by atoms with E-state index in [2.05, 4.69) is 10.6 Å². The van der Waals surface area contributed by atoms with Crippen LogP contribution < -0.4 is 10.6 Å². The van der Waals surface area contributed by atoms with Gasteiger partial charge in [-0.15, -0.1) is 0 Å². The molecule has 0 aliphatic carbocycles. The first-order chi connectivity index (χ1) is 12.5. The Morgan fingerprint density at radius 2 is 1.70 bits per heavy atom. The highest BCUT2D eigenvalue weighted by Crippen LogP contribution is 2.29. The maximum Gasteiger partial charge on any atom is 0.416 e. The fourth-order valence-electron chi connectivity index (χ4n) is 2.07. The van der Waals surface area contributed by atoms with Crippen LogP contribution in [0.25, 0.3) is 0 Å². The molecule has 2 rings (SSSR count). The fourth-order valence-corrected chi connectivity index (χ4v) is 2.83. The highest BCUT2D eigenvalue weighted by Gasteiger charge is 2.30. The average Bonchev–Trinajstić information content (AvgIpc) is 2.59. The zero-order valence-electron chi connectivity index (χ0n) is 13.4. The lowest BCUT2D eigenvalue weighted by atomic mass is 10.1. The average molecular weight is 408 g/mol. The van der Waals surface area contributed by atoms with Crippen molar-refractivity contribution in [2.75, 3.05) is 5.32 Å². The summed E-state index contributed by atoms with van der Waals surface area (Å²) >= 11 is 0. The zero-order chi connectivity index (χ0) is 20.2. The molecule has 0 heterocycles.